The summed E-state index contributed by atoms with van der Waals surface area (Å²) in [5, 5.41) is 1.43. The van der Waals surface area contributed by atoms with Crippen LogP contribution >= 0.6 is 34.5 Å². The van der Waals surface area contributed by atoms with Crippen molar-refractivity contribution < 1.29 is 0 Å². The molecule has 0 N–H and O–H groups in total. The van der Waals surface area contributed by atoms with Gasteiger partial charge < -0.3 is 0 Å². The highest BCUT2D eigenvalue weighted by Crippen LogP contribution is 2.31. The first kappa shape index (κ1) is 14.4. The Morgan fingerprint density at radius 3 is 2.29 bits per heavy atom. The molecule has 0 spiro atoms. The fourth-order valence-electron chi connectivity index (χ4n) is 2.01. The Kier molecular flexibility index (Phi) is 4.45. The molecule has 2 aromatic carbocycles. The number of thiophene rings is 1. The van der Waals surface area contributed by atoms with Gasteiger partial charge in [0.05, 0.1) is 0 Å². The van der Waals surface area contributed by atoms with Gasteiger partial charge >= 0.3 is 0 Å². The largest absolute Gasteiger partial charge is 0.136 e. The van der Waals surface area contributed by atoms with Gasteiger partial charge in [-0.2, -0.15) is 0 Å². The number of benzene rings is 2. The first-order chi connectivity index (χ1) is 10.2. The van der Waals surface area contributed by atoms with Gasteiger partial charge in [0.15, 0.2) is 0 Å². The zero-order valence-corrected chi connectivity index (χ0v) is 13.4. The predicted octanol–water partition coefficient (Wildman–Crippen LogP) is 6.81. The lowest BCUT2D eigenvalue weighted by molar-refractivity contribution is 1.65. The van der Waals surface area contributed by atoms with Gasteiger partial charge in [-0.25, -0.2) is 0 Å². The molecule has 1 heterocycles. The first-order valence-electron chi connectivity index (χ1n) is 6.51. The smallest absolute Gasteiger partial charge is 0.0492 e. The Morgan fingerprint density at radius 1 is 0.857 bits per heavy atom. The minimum atomic E-state index is 0.714. The summed E-state index contributed by atoms with van der Waals surface area (Å²) >= 11 is 14.0. The second-order valence-electron chi connectivity index (χ2n) is 4.57. The molecule has 0 amide bonds. The third-order valence-corrected chi connectivity index (χ3v) is 4.73. The predicted molar refractivity (Wildman–Crippen MR) is 94.9 cm³/mol. The maximum atomic E-state index is 6.37. The molecule has 0 aliphatic carbocycles. The van der Waals surface area contributed by atoms with Crippen molar-refractivity contribution in [1.29, 1.82) is 0 Å². The normalized spacial score (nSPS) is 11.6. The fraction of sp³-hybridized carbons (Fsp3) is 0. The van der Waals surface area contributed by atoms with Crippen molar-refractivity contribution >= 4 is 45.6 Å². The van der Waals surface area contributed by atoms with Crippen molar-refractivity contribution in [3.63, 3.8) is 0 Å². The fourth-order valence-corrected chi connectivity index (χ4v) is 3.40. The minimum absolute atomic E-state index is 0.714. The van der Waals surface area contributed by atoms with Crippen LogP contribution in [0.4, 0.5) is 0 Å². The molecule has 3 rings (SSSR count). The Hall–Kier alpha value is -1.54. The van der Waals surface area contributed by atoms with E-state index >= 15 is 0 Å². The second-order valence-corrected chi connectivity index (χ2v) is 6.53. The lowest BCUT2D eigenvalue weighted by Crippen LogP contribution is -1.75. The monoisotopic (exact) mass is 330 g/mol. The maximum Gasteiger partial charge on any atom is 0.0492 e. The van der Waals surface area contributed by atoms with Crippen molar-refractivity contribution in [2.45, 2.75) is 0 Å². The maximum absolute atomic E-state index is 6.37. The molecule has 3 aromatic rings. The molecule has 0 nitrogen and oxygen atoms in total. The average Bonchev–Trinajstić information content (AvgIpc) is 2.97. The van der Waals surface area contributed by atoms with Gasteiger partial charge in [0.25, 0.3) is 0 Å². The summed E-state index contributed by atoms with van der Waals surface area (Å²) in [4.78, 5) is 2.37. The molecule has 0 atom stereocenters. The van der Waals surface area contributed by atoms with Crippen LogP contribution in [0.15, 0.2) is 66.7 Å². The zero-order chi connectivity index (χ0) is 14.7. The molecule has 21 heavy (non-hydrogen) atoms. The van der Waals surface area contributed by atoms with E-state index in [4.69, 9.17) is 23.2 Å². The van der Waals surface area contributed by atoms with E-state index in [2.05, 4.69) is 24.3 Å². The molecule has 0 saturated carbocycles. The summed E-state index contributed by atoms with van der Waals surface area (Å²) in [5.74, 6) is 0. The molecular formula is C18H12Cl2S. The topological polar surface area (TPSA) is 0 Å². The van der Waals surface area contributed by atoms with Crippen molar-refractivity contribution in [3.05, 3.63) is 82.2 Å². The zero-order valence-electron chi connectivity index (χ0n) is 11.1. The molecule has 3 heteroatoms. The number of hydrogen-bond acceptors (Lipinski definition) is 1. The van der Waals surface area contributed by atoms with Crippen LogP contribution in [0.25, 0.3) is 21.5 Å². The van der Waals surface area contributed by atoms with Gasteiger partial charge in [-0.15, -0.1) is 11.3 Å². The molecule has 0 fully saturated rings. The summed E-state index contributed by atoms with van der Waals surface area (Å²) in [6.07, 6.45) is 1.99. The van der Waals surface area contributed by atoms with E-state index in [-0.39, 0.29) is 0 Å². The van der Waals surface area contributed by atoms with Gasteiger partial charge in [-0.1, -0.05) is 65.7 Å². The van der Waals surface area contributed by atoms with Crippen LogP contribution in [0, 0.1) is 0 Å². The van der Waals surface area contributed by atoms with Crippen LogP contribution in [0.5, 0.6) is 0 Å². The third-order valence-electron chi connectivity index (χ3n) is 3.07. The number of hydrogen-bond donors (Lipinski definition) is 0. The third kappa shape index (κ3) is 3.56. The molecular weight excluding hydrogens is 319 g/mol. The number of rotatable bonds is 3. The van der Waals surface area contributed by atoms with E-state index in [1.54, 1.807) is 11.3 Å². The molecule has 0 aliphatic heterocycles. The standard InChI is InChI=1S/C18H12Cl2S/c19-15-8-6-13(7-9-15)17(20)12-16-10-11-18(21-16)14-4-2-1-3-5-14/h1-12H/b17-12+. The van der Waals surface area contributed by atoms with Crippen LogP contribution in [-0.4, -0.2) is 0 Å². The van der Waals surface area contributed by atoms with E-state index in [0.29, 0.717) is 10.1 Å². The van der Waals surface area contributed by atoms with E-state index in [0.717, 1.165) is 10.4 Å². The molecule has 1 aromatic heterocycles. The summed E-state index contributed by atoms with van der Waals surface area (Å²) in [6.45, 7) is 0. The van der Waals surface area contributed by atoms with Crippen LogP contribution in [-0.2, 0) is 0 Å². The van der Waals surface area contributed by atoms with Gasteiger partial charge in [-0.3, -0.25) is 0 Å². The lowest BCUT2D eigenvalue weighted by atomic mass is 10.2. The molecule has 0 saturated heterocycles. The van der Waals surface area contributed by atoms with Gasteiger partial charge in [0.2, 0.25) is 0 Å². The molecule has 0 bridgehead atoms. The Bertz CT molecular complexity index is 755. The van der Waals surface area contributed by atoms with Gasteiger partial charge in [-0.05, 0) is 41.5 Å². The first-order valence-corrected chi connectivity index (χ1v) is 8.08. The number of halogens is 2. The summed E-state index contributed by atoms with van der Waals surface area (Å²) in [7, 11) is 0. The van der Waals surface area contributed by atoms with Crippen LogP contribution < -0.4 is 0 Å². The summed E-state index contributed by atoms with van der Waals surface area (Å²) < 4.78 is 0. The summed E-state index contributed by atoms with van der Waals surface area (Å²) in [6, 6.07) is 22.1. The average molecular weight is 331 g/mol. The Balaban J connectivity index is 1.86. The molecule has 104 valence electrons. The Morgan fingerprint density at radius 2 is 1.57 bits per heavy atom. The van der Waals surface area contributed by atoms with Crippen molar-refractivity contribution in [3.8, 4) is 10.4 Å². The van der Waals surface area contributed by atoms with Gasteiger partial charge in [0.1, 0.15) is 0 Å². The molecule has 0 aliphatic rings. The van der Waals surface area contributed by atoms with Gasteiger partial charge in [0, 0.05) is 19.8 Å². The van der Waals surface area contributed by atoms with E-state index in [9.17, 15) is 0 Å². The SMILES string of the molecule is Cl/C(=C/c1ccc(-c2ccccc2)s1)c1ccc(Cl)cc1. The van der Waals surface area contributed by atoms with Crippen molar-refractivity contribution in [2.75, 3.05) is 0 Å². The van der Waals surface area contributed by atoms with Crippen LogP contribution in [0.1, 0.15) is 10.4 Å². The Labute approximate surface area is 138 Å². The van der Waals surface area contributed by atoms with Crippen LogP contribution in [0.2, 0.25) is 5.02 Å². The van der Waals surface area contributed by atoms with E-state index in [1.165, 1.54) is 10.4 Å². The van der Waals surface area contributed by atoms with Crippen molar-refractivity contribution in [2.24, 2.45) is 0 Å². The lowest BCUT2D eigenvalue weighted by Gasteiger charge is -1.99. The second kappa shape index (κ2) is 6.48. The molecule has 0 radical (unpaired) electrons. The highest BCUT2D eigenvalue weighted by Gasteiger charge is 2.03. The molecule has 0 unspecified atom stereocenters. The van der Waals surface area contributed by atoms with Crippen molar-refractivity contribution in [1.82, 2.24) is 0 Å². The van der Waals surface area contributed by atoms with Crippen LogP contribution in [0.3, 0.4) is 0 Å². The van der Waals surface area contributed by atoms with E-state index in [1.807, 2.05) is 48.5 Å². The summed E-state index contributed by atoms with van der Waals surface area (Å²) in [5.41, 5.74) is 2.19. The highest BCUT2D eigenvalue weighted by atomic mass is 35.5. The van der Waals surface area contributed by atoms with E-state index < -0.39 is 0 Å². The minimum Gasteiger partial charge on any atom is -0.136 e. The highest BCUT2D eigenvalue weighted by molar-refractivity contribution is 7.16. The quantitative estimate of drug-likeness (QED) is 0.495.